The van der Waals surface area contributed by atoms with E-state index in [1.54, 1.807) is 23.1 Å². The summed E-state index contributed by atoms with van der Waals surface area (Å²) in [5.74, 6) is -0.284. The van der Waals surface area contributed by atoms with E-state index in [-0.39, 0.29) is 11.7 Å². The van der Waals surface area contributed by atoms with Gasteiger partial charge in [0.2, 0.25) is 5.91 Å². The molecule has 0 fully saturated rings. The van der Waals surface area contributed by atoms with Crippen LogP contribution in [0.1, 0.15) is 13.8 Å². The van der Waals surface area contributed by atoms with Gasteiger partial charge in [-0.15, -0.1) is 0 Å². The van der Waals surface area contributed by atoms with Crippen molar-refractivity contribution in [2.75, 3.05) is 0 Å². The second kappa shape index (κ2) is 4.55. The zero-order valence-electron chi connectivity index (χ0n) is 8.23. The highest BCUT2D eigenvalue weighted by atomic mass is 16.2. The van der Waals surface area contributed by atoms with E-state index in [1.807, 2.05) is 0 Å². The molecule has 1 rings (SSSR count). The topological polar surface area (TPSA) is 64.0 Å². The fourth-order valence-electron chi connectivity index (χ4n) is 1.12. The van der Waals surface area contributed by atoms with Gasteiger partial charge in [-0.25, -0.2) is 0 Å². The van der Waals surface area contributed by atoms with Crippen molar-refractivity contribution in [2.24, 2.45) is 0 Å². The first-order valence-electron chi connectivity index (χ1n) is 4.34. The summed E-state index contributed by atoms with van der Waals surface area (Å²) in [6.45, 7) is 3.21. The number of amides is 1. The molecule has 0 saturated carbocycles. The van der Waals surface area contributed by atoms with Crippen LogP contribution in [0.15, 0.2) is 18.5 Å². The Morgan fingerprint density at radius 2 is 2.21 bits per heavy atom. The lowest BCUT2D eigenvalue weighted by Gasteiger charge is -2.14. The van der Waals surface area contributed by atoms with Crippen LogP contribution in [0.3, 0.4) is 0 Å². The molecule has 14 heavy (non-hydrogen) atoms. The minimum absolute atomic E-state index is 0.0734. The fourth-order valence-corrected chi connectivity index (χ4v) is 1.12. The molecule has 1 heterocycles. The Morgan fingerprint density at radius 3 is 2.64 bits per heavy atom. The largest absolute Gasteiger partial charge is 0.345 e. The minimum atomic E-state index is -0.493. The Hall–Kier alpha value is -1.65. The minimum Gasteiger partial charge on any atom is -0.345 e. The molecule has 0 spiro atoms. The van der Waals surface area contributed by atoms with Crippen LogP contribution in [0.4, 0.5) is 0 Å². The number of nitrogens with zero attached hydrogens (tertiary/aromatic N) is 2. The third kappa shape index (κ3) is 3.01. The fraction of sp³-hybridized carbons (Fsp3) is 0.444. The van der Waals surface area contributed by atoms with Crippen molar-refractivity contribution in [1.29, 1.82) is 0 Å². The summed E-state index contributed by atoms with van der Waals surface area (Å²) < 4.78 is 1.61. The van der Waals surface area contributed by atoms with Gasteiger partial charge in [-0.2, -0.15) is 5.10 Å². The van der Waals surface area contributed by atoms with Crippen LogP contribution in [0.25, 0.3) is 0 Å². The first kappa shape index (κ1) is 10.4. The average Bonchev–Trinajstić information content (AvgIpc) is 2.54. The van der Waals surface area contributed by atoms with Gasteiger partial charge in [0.15, 0.2) is 5.78 Å². The molecule has 0 aromatic carbocycles. The van der Waals surface area contributed by atoms with Crippen LogP contribution in [0, 0.1) is 0 Å². The van der Waals surface area contributed by atoms with Crippen LogP contribution in [-0.2, 0) is 16.1 Å². The van der Waals surface area contributed by atoms with Crippen molar-refractivity contribution in [3.8, 4) is 0 Å². The number of hydrogen-bond acceptors (Lipinski definition) is 3. The lowest BCUT2D eigenvalue weighted by Crippen LogP contribution is -2.41. The van der Waals surface area contributed by atoms with Crippen LogP contribution < -0.4 is 5.32 Å². The molecule has 1 aromatic rings. The third-order valence-electron chi connectivity index (χ3n) is 1.80. The lowest BCUT2D eigenvalue weighted by molar-refractivity contribution is -0.126. The maximum absolute atomic E-state index is 11.1. The van der Waals surface area contributed by atoms with Gasteiger partial charge >= 0.3 is 0 Å². The highest BCUT2D eigenvalue weighted by Gasteiger charge is 2.15. The standard InChI is InChI=1S/C9H13N3O2/c1-7(13)9(11-8(2)14)6-12-5-3-4-10-12/h3-5,9H,6H2,1-2H3,(H,11,14). The summed E-state index contributed by atoms with van der Waals surface area (Å²) >= 11 is 0. The number of rotatable bonds is 4. The monoisotopic (exact) mass is 195 g/mol. The predicted molar refractivity (Wildman–Crippen MR) is 50.5 cm³/mol. The maximum Gasteiger partial charge on any atom is 0.217 e. The lowest BCUT2D eigenvalue weighted by atomic mass is 10.2. The molecule has 0 saturated heterocycles. The number of Topliss-reactive ketones (excluding diaryl/α,β-unsaturated/α-hetero) is 1. The molecular formula is C9H13N3O2. The van der Waals surface area contributed by atoms with E-state index < -0.39 is 6.04 Å². The second-order valence-electron chi connectivity index (χ2n) is 3.09. The molecular weight excluding hydrogens is 182 g/mol. The molecule has 0 aliphatic rings. The van der Waals surface area contributed by atoms with E-state index in [9.17, 15) is 9.59 Å². The van der Waals surface area contributed by atoms with Gasteiger partial charge in [-0.05, 0) is 13.0 Å². The molecule has 5 nitrogen and oxygen atoms in total. The highest BCUT2D eigenvalue weighted by molar-refractivity contribution is 5.86. The van der Waals surface area contributed by atoms with E-state index in [1.165, 1.54) is 13.8 Å². The highest BCUT2D eigenvalue weighted by Crippen LogP contribution is 1.93. The molecule has 1 unspecified atom stereocenters. The summed E-state index contributed by atoms with van der Waals surface area (Å²) in [6.07, 6.45) is 3.38. The van der Waals surface area contributed by atoms with Gasteiger partial charge in [-0.3, -0.25) is 14.3 Å². The van der Waals surface area contributed by atoms with Gasteiger partial charge in [0.1, 0.15) is 6.04 Å². The van der Waals surface area contributed by atoms with E-state index in [4.69, 9.17) is 0 Å². The number of ketones is 1. The molecule has 0 bridgehead atoms. The first-order chi connectivity index (χ1) is 6.59. The Bertz CT molecular complexity index is 319. The van der Waals surface area contributed by atoms with Crippen molar-refractivity contribution in [1.82, 2.24) is 15.1 Å². The van der Waals surface area contributed by atoms with E-state index in [0.29, 0.717) is 6.54 Å². The molecule has 5 heteroatoms. The molecule has 1 aromatic heterocycles. The van der Waals surface area contributed by atoms with Crippen molar-refractivity contribution in [2.45, 2.75) is 26.4 Å². The zero-order chi connectivity index (χ0) is 10.6. The summed E-state index contributed by atoms with van der Waals surface area (Å²) in [5.41, 5.74) is 0. The number of carbonyl (C=O) groups excluding carboxylic acids is 2. The molecule has 76 valence electrons. The molecule has 1 amide bonds. The van der Waals surface area contributed by atoms with Crippen LogP contribution in [0.2, 0.25) is 0 Å². The van der Waals surface area contributed by atoms with Crippen molar-refractivity contribution in [3.05, 3.63) is 18.5 Å². The molecule has 1 atom stereocenters. The summed E-state index contributed by atoms with van der Waals surface area (Å²) in [4.78, 5) is 21.9. The van der Waals surface area contributed by atoms with Gasteiger partial charge in [-0.1, -0.05) is 0 Å². The quantitative estimate of drug-likeness (QED) is 0.734. The summed E-state index contributed by atoms with van der Waals surface area (Å²) in [7, 11) is 0. The van der Waals surface area contributed by atoms with Crippen LogP contribution >= 0.6 is 0 Å². The van der Waals surface area contributed by atoms with Crippen LogP contribution in [-0.4, -0.2) is 27.5 Å². The summed E-state index contributed by atoms with van der Waals surface area (Å²) in [5, 5.41) is 6.53. The Kier molecular flexibility index (Phi) is 3.39. The first-order valence-corrected chi connectivity index (χ1v) is 4.34. The van der Waals surface area contributed by atoms with Crippen LogP contribution in [0.5, 0.6) is 0 Å². The second-order valence-corrected chi connectivity index (χ2v) is 3.09. The number of carbonyl (C=O) groups is 2. The third-order valence-corrected chi connectivity index (χ3v) is 1.80. The average molecular weight is 195 g/mol. The van der Waals surface area contributed by atoms with E-state index >= 15 is 0 Å². The van der Waals surface area contributed by atoms with Gasteiger partial charge in [0.25, 0.3) is 0 Å². The zero-order valence-corrected chi connectivity index (χ0v) is 8.23. The number of nitrogens with one attached hydrogen (secondary N) is 1. The van der Waals surface area contributed by atoms with E-state index in [0.717, 1.165) is 0 Å². The summed E-state index contributed by atoms with van der Waals surface area (Å²) in [6, 6.07) is 1.28. The normalized spacial score (nSPS) is 12.1. The van der Waals surface area contributed by atoms with Crippen molar-refractivity contribution < 1.29 is 9.59 Å². The Morgan fingerprint density at radius 1 is 1.50 bits per heavy atom. The molecule has 0 radical (unpaired) electrons. The van der Waals surface area contributed by atoms with Gasteiger partial charge in [0, 0.05) is 19.3 Å². The Balaban J connectivity index is 2.60. The SMILES string of the molecule is CC(=O)NC(Cn1cccn1)C(C)=O. The smallest absolute Gasteiger partial charge is 0.217 e. The van der Waals surface area contributed by atoms with Crippen molar-refractivity contribution >= 4 is 11.7 Å². The maximum atomic E-state index is 11.1. The van der Waals surface area contributed by atoms with Crippen molar-refractivity contribution in [3.63, 3.8) is 0 Å². The Labute approximate surface area is 82.1 Å². The molecule has 0 aliphatic carbocycles. The van der Waals surface area contributed by atoms with Gasteiger partial charge < -0.3 is 5.32 Å². The number of hydrogen-bond donors (Lipinski definition) is 1. The molecule has 1 N–H and O–H groups in total. The number of aromatic nitrogens is 2. The molecule has 0 aliphatic heterocycles. The predicted octanol–water partition coefficient (Wildman–Crippen LogP) is -0.0232. The van der Waals surface area contributed by atoms with E-state index in [2.05, 4.69) is 10.4 Å². The van der Waals surface area contributed by atoms with Gasteiger partial charge in [0.05, 0.1) is 6.54 Å².